The van der Waals surface area contributed by atoms with Crippen molar-refractivity contribution in [2.75, 3.05) is 0 Å². The maximum atomic E-state index is 4.91. The summed E-state index contributed by atoms with van der Waals surface area (Å²) in [7, 11) is 0. The lowest BCUT2D eigenvalue weighted by Gasteiger charge is -1.98. The van der Waals surface area contributed by atoms with Crippen molar-refractivity contribution in [1.29, 1.82) is 0 Å². The summed E-state index contributed by atoms with van der Waals surface area (Å²) >= 11 is 3.64. The number of aromatic nitrogens is 2. The zero-order valence-corrected chi connectivity index (χ0v) is 17.4. The second kappa shape index (κ2) is 10.3. The highest BCUT2D eigenvalue weighted by molar-refractivity contribution is 7.21. The van der Waals surface area contributed by atoms with Gasteiger partial charge in [-0.25, -0.2) is 9.97 Å². The first-order chi connectivity index (χ1) is 11.7. The van der Waals surface area contributed by atoms with Gasteiger partial charge in [-0.1, -0.05) is 52.4 Å². The van der Waals surface area contributed by atoms with Crippen LogP contribution in [0.15, 0.2) is 0 Å². The molecule has 0 unspecified atom stereocenters. The minimum atomic E-state index is 1.12. The SMILES string of the molecule is CCCCCCc1nc(-c2nc(CCCCCC)c(C)s2)sc1C. The van der Waals surface area contributed by atoms with E-state index in [1.807, 2.05) is 22.7 Å². The van der Waals surface area contributed by atoms with Gasteiger partial charge in [-0.2, -0.15) is 0 Å². The van der Waals surface area contributed by atoms with Gasteiger partial charge in [0.2, 0.25) is 0 Å². The molecule has 0 fully saturated rings. The summed E-state index contributed by atoms with van der Waals surface area (Å²) in [5.41, 5.74) is 2.59. The Balaban J connectivity index is 1.98. The number of aryl methyl sites for hydroxylation is 4. The second-order valence-electron chi connectivity index (χ2n) is 6.67. The third-order valence-corrected chi connectivity index (χ3v) is 6.67. The number of thiazole rings is 2. The lowest BCUT2D eigenvalue weighted by Crippen LogP contribution is -1.90. The average Bonchev–Trinajstić information content (AvgIpc) is 3.12. The van der Waals surface area contributed by atoms with Crippen LogP contribution < -0.4 is 0 Å². The van der Waals surface area contributed by atoms with Crippen LogP contribution in [0.2, 0.25) is 0 Å². The van der Waals surface area contributed by atoms with Crippen molar-refractivity contribution in [3.8, 4) is 10.0 Å². The zero-order valence-electron chi connectivity index (χ0n) is 15.8. The molecule has 4 heteroatoms. The normalized spacial score (nSPS) is 11.3. The first-order valence-corrected chi connectivity index (χ1v) is 11.2. The maximum Gasteiger partial charge on any atom is 0.152 e. The minimum Gasteiger partial charge on any atom is -0.238 e. The molecule has 2 nitrogen and oxygen atoms in total. The highest BCUT2D eigenvalue weighted by Crippen LogP contribution is 2.33. The Morgan fingerprint density at radius 2 is 1.04 bits per heavy atom. The van der Waals surface area contributed by atoms with Gasteiger partial charge in [0.1, 0.15) is 0 Å². The van der Waals surface area contributed by atoms with Crippen molar-refractivity contribution in [2.24, 2.45) is 0 Å². The molecule has 0 aliphatic heterocycles. The quantitative estimate of drug-likeness (QED) is 0.396. The molecule has 0 saturated heterocycles. The predicted octanol–water partition coefficient (Wildman–Crippen LogP) is 7.13. The minimum absolute atomic E-state index is 1.12. The maximum absolute atomic E-state index is 4.91. The molecule has 0 radical (unpaired) electrons. The zero-order chi connectivity index (χ0) is 17.4. The van der Waals surface area contributed by atoms with E-state index in [9.17, 15) is 0 Å². The van der Waals surface area contributed by atoms with Crippen molar-refractivity contribution in [2.45, 2.75) is 91.9 Å². The molecule has 0 amide bonds. The fraction of sp³-hybridized carbons (Fsp3) is 0.700. The summed E-state index contributed by atoms with van der Waals surface area (Å²) in [5.74, 6) is 0. The van der Waals surface area contributed by atoms with Gasteiger partial charge in [-0.05, 0) is 39.5 Å². The van der Waals surface area contributed by atoms with E-state index in [0.29, 0.717) is 0 Å². The Kier molecular flexibility index (Phi) is 8.40. The topological polar surface area (TPSA) is 25.8 Å². The highest BCUT2D eigenvalue weighted by atomic mass is 32.1. The number of rotatable bonds is 11. The standard InChI is InChI=1S/C20H32N2S2/c1-5-7-9-11-13-17-15(3)23-19(21-17)20-22-18(16(4)24-20)14-12-10-8-6-2/h5-14H2,1-4H3. The Hall–Kier alpha value is -0.740. The lowest BCUT2D eigenvalue weighted by atomic mass is 10.1. The largest absolute Gasteiger partial charge is 0.238 e. The van der Waals surface area contributed by atoms with Crippen LogP contribution in [0.5, 0.6) is 0 Å². The van der Waals surface area contributed by atoms with Crippen LogP contribution in [0.1, 0.15) is 86.4 Å². The third-order valence-electron chi connectivity index (χ3n) is 4.50. The highest BCUT2D eigenvalue weighted by Gasteiger charge is 2.15. The van der Waals surface area contributed by atoms with Crippen molar-refractivity contribution in [3.63, 3.8) is 0 Å². The van der Waals surface area contributed by atoms with E-state index in [1.54, 1.807) is 0 Å². The molecule has 0 saturated carbocycles. The van der Waals surface area contributed by atoms with Crippen LogP contribution in [-0.2, 0) is 12.8 Å². The lowest BCUT2D eigenvalue weighted by molar-refractivity contribution is 0.660. The van der Waals surface area contributed by atoms with E-state index >= 15 is 0 Å². The molecule has 0 aromatic carbocycles. The van der Waals surface area contributed by atoms with E-state index in [4.69, 9.17) is 9.97 Å². The summed E-state index contributed by atoms with van der Waals surface area (Å²) < 4.78 is 0. The number of hydrogen-bond donors (Lipinski definition) is 0. The van der Waals surface area contributed by atoms with Crippen LogP contribution in [-0.4, -0.2) is 9.97 Å². The first kappa shape index (κ1) is 19.6. The van der Waals surface area contributed by atoms with Crippen LogP contribution in [0.3, 0.4) is 0 Å². The molecule has 0 spiro atoms. The second-order valence-corrected chi connectivity index (χ2v) is 9.07. The molecule has 24 heavy (non-hydrogen) atoms. The van der Waals surface area contributed by atoms with Crippen LogP contribution in [0.4, 0.5) is 0 Å². The molecular formula is C20H32N2S2. The first-order valence-electron chi connectivity index (χ1n) is 9.58. The van der Waals surface area contributed by atoms with E-state index in [1.165, 1.54) is 72.5 Å². The molecule has 0 aliphatic rings. The Morgan fingerprint density at radius 1 is 0.625 bits per heavy atom. The van der Waals surface area contributed by atoms with Gasteiger partial charge < -0.3 is 0 Å². The number of hydrogen-bond acceptors (Lipinski definition) is 4. The smallest absolute Gasteiger partial charge is 0.152 e. The fourth-order valence-corrected chi connectivity index (χ4v) is 4.88. The molecule has 134 valence electrons. The Bertz CT molecular complexity index is 559. The van der Waals surface area contributed by atoms with Crippen molar-refractivity contribution in [1.82, 2.24) is 9.97 Å². The van der Waals surface area contributed by atoms with Crippen LogP contribution >= 0.6 is 22.7 Å². The van der Waals surface area contributed by atoms with Gasteiger partial charge in [-0.15, -0.1) is 22.7 Å². The monoisotopic (exact) mass is 364 g/mol. The van der Waals surface area contributed by atoms with E-state index in [0.717, 1.165) is 22.9 Å². The van der Waals surface area contributed by atoms with Crippen molar-refractivity contribution >= 4 is 22.7 Å². The molecule has 0 bridgehead atoms. The molecule has 2 rings (SSSR count). The summed E-state index contributed by atoms with van der Waals surface area (Å²) in [6, 6.07) is 0. The fourth-order valence-electron chi connectivity index (χ4n) is 2.94. The molecule has 2 aromatic rings. The molecule has 2 aromatic heterocycles. The molecular weight excluding hydrogens is 332 g/mol. The van der Waals surface area contributed by atoms with Gasteiger partial charge in [0.15, 0.2) is 10.0 Å². The van der Waals surface area contributed by atoms with Crippen molar-refractivity contribution in [3.05, 3.63) is 21.1 Å². The summed E-state index contributed by atoms with van der Waals surface area (Å²) in [4.78, 5) is 12.6. The number of unbranched alkanes of at least 4 members (excludes halogenated alkanes) is 6. The van der Waals surface area contributed by atoms with Gasteiger partial charge >= 0.3 is 0 Å². The Morgan fingerprint density at radius 3 is 1.42 bits per heavy atom. The summed E-state index contributed by atoms with van der Waals surface area (Å²) in [6.45, 7) is 8.94. The van der Waals surface area contributed by atoms with E-state index < -0.39 is 0 Å². The molecule has 0 aliphatic carbocycles. The van der Waals surface area contributed by atoms with E-state index in [2.05, 4.69) is 27.7 Å². The van der Waals surface area contributed by atoms with E-state index in [-0.39, 0.29) is 0 Å². The van der Waals surface area contributed by atoms with Crippen LogP contribution in [0.25, 0.3) is 10.0 Å². The molecule has 2 heterocycles. The van der Waals surface area contributed by atoms with Crippen LogP contribution in [0, 0.1) is 13.8 Å². The molecule has 0 N–H and O–H groups in total. The Labute approximate surface area is 155 Å². The van der Waals surface area contributed by atoms with Gasteiger partial charge in [-0.3, -0.25) is 0 Å². The summed E-state index contributed by atoms with van der Waals surface area (Å²) in [5, 5.41) is 2.26. The third kappa shape index (κ3) is 5.66. The molecule has 0 atom stereocenters. The van der Waals surface area contributed by atoms with Gasteiger partial charge in [0, 0.05) is 9.75 Å². The average molecular weight is 365 g/mol. The number of nitrogens with zero attached hydrogens (tertiary/aromatic N) is 2. The summed E-state index contributed by atoms with van der Waals surface area (Å²) in [6.07, 6.45) is 12.7. The predicted molar refractivity (Wildman–Crippen MR) is 108 cm³/mol. The van der Waals surface area contributed by atoms with Gasteiger partial charge in [0.25, 0.3) is 0 Å². The van der Waals surface area contributed by atoms with Crippen molar-refractivity contribution < 1.29 is 0 Å². The van der Waals surface area contributed by atoms with Gasteiger partial charge in [0.05, 0.1) is 11.4 Å².